The number of carbonyl (C=O) groups is 1. The molecule has 2 unspecified atom stereocenters. The van der Waals surface area contributed by atoms with Crippen LogP contribution in [0.1, 0.15) is 16.7 Å². The number of hydrogen-bond acceptors (Lipinski definition) is 6. The van der Waals surface area contributed by atoms with E-state index in [0.29, 0.717) is 10.9 Å². The summed E-state index contributed by atoms with van der Waals surface area (Å²) in [6.07, 6.45) is 3.90. The van der Waals surface area contributed by atoms with E-state index >= 15 is 0 Å². The van der Waals surface area contributed by atoms with Crippen molar-refractivity contribution in [1.29, 1.82) is 5.26 Å². The molecule has 0 aliphatic carbocycles. The lowest BCUT2D eigenvalue weighted by Gasteiger charge is -2.16. The van der Waals surface area contributed by atoms with Crippen LogP contribution in [0.25, 0.3) is 10.4 Å². The standard InChI is InChI=1S/C22H18N4OS2/c1-14-12-25(13-23)21-19(14)26(21)22(27)20-24-11-18(29-20)16-9-5-6-10-17(16)28-15-7-3-2-4-8-15/h2-11,14,19,21H,12H2,1H3/t14?,19-,21?,26?/m1/s1. The highest BCUT2D eigenvalue weighted by Gasteiger charge is 2.62. The summed E-state index contributed by atoms with van der Waals surface area (Å²) in [5.74, 6) is 0.238. The van der Waals surface area contributed by atoms with Crippen molar-refractivity contribution in [3.8, 4) is 16.6 Å². The second kappa shape index (κ2) is 7.21. The van der Waals surface area contributed by atoms with Gasteiger partial charge in [-0.05, 0) is 24.1 Å². The van der Waals surface area contributed by atoms with Crippen molar-refractivity contribution in [3.05, 3.63) is 65.8 Å². The fraction of sp³-hybridized carbons (Fsp3) is 0.227. The maximum absolute atomic E-state index is 13.0. The van der Waals surface area contributed by atoms with E-state index in [9.17, 15) is 10.1 Å². The first kappa shape index (κ1) is 18.2. The van der Waals surface area contributed by atoms with E-state index in [1.807, 2.05) is 30.3 Å². The van der Waals surface area contributed by atoms with Crippen LogP contribution in [0.3, 0.4) is 0 Å². The molecule has 2 aliphatic heterocycles. The van der Waals surface area contributed by atoms with Gasteiger partial charge in [0.1, 0.15) is 6.17 Å². The number of hydrogen-bond donors (Lipinski definition) is 0. The molecule has 2 aromatic carbocycles. The number of nitrogens with zero attached hydrogens (tertiary/aromatic N) is 4. The van der Waals surface area contributed by atoms with Crippen LogP contribution in [-0.4, -0.2) is 39.4 Å². The summed E-state index contributed by atoms with van der Waals surface area (Å²) >= 11 is 3.12. The van der Waals surface area contributed by atoms with Gasteiger partial charge in [0, 0.05) is 28.1 Å². The molecule has 3 heterocycles. The van der Waals surface area contributed by atoms with Gasteiger partial charge in [-0.3, -0.25) is 9.69 Å². The van der Waals surface area contributed by atoms with Gasteiger partial charge < -0.3 is 4.90 Å². The minimum absolute atomic E-state index is 0.0729. The number of benzene rings is 2. The molecule has 5 nitrogen and oxygen atoms in total. The number of fused-ring (bicyclic) bond motifs is 1. The highest BCUT2D eigenvalue weighted by atomic mass is 32.2. The number of thiazole rings is 1. The van der Waals surface area contributed by atoms with Gasteiger partial charge in [-0.2, -0.15) is 5.26 Å². The fourth-order valence-corrected chi connectivity index (χ4v) is 5.95. The topological polar surface area (TPSA) is 60.0 Å². The number of likely N-dealkylation sites (tertiary alicyclic amines) is 1. The van der Waals surface area contributed by atoms with Gasteiger partial charge in [0.15, 0.2) is 11.2 Å². The maximum Gasteiger partial charge on any atom is 0.284 e. The first-order valence-electron chi connectivity index (χ1n) is 9.44. The quantitative estimate of drug-likeness (QED) is 0.460. The van der Waals surface area contributed by atoms with Crippen LogP contribution in [0.5, 0.6) is 0 Å². The third-order valence-corrected chi connectivity index (χ3v) is 7.49. The largest absolute Gasteiger partial charge is 0.306 e. The Bertz CT molecular complexity index is 1110. The first-order valence-corrected chi connectivity index (χ1v) is 11.1. The van der Waals surface area contributed by atoms with Crippen molar-refractivity contribution in [1.82, 2.24) is 14.8 Å². The van der Waals surface area contributed by atoms with Crippen molar-refractivity contribution in [2.45, 2.75) is 28.9 Å². The first-order chi connectivity index (χ1) is 14.2. The van der Waals surface area contributed by atoms with Crippen LogP contribution >= 0.6 is 23.1 Å². The summed E-state index contributed by atoms with van der Waals surface area (Å²) in [5, 5.41) is 9.76. The number of amides is 1. The molecule has 2 fully saturated rings. The normalized spacial score (nSPS) is 22.3. The number of rotatable bonds is 4. The monoisotopic (exact) mass is 418 g/mol. The second-order valence-corrected chi connectivity index (χ2v) is 9.43. The summed E-state index contributed by atoms with van der Waals surface area (Å²) in [5.41, 5.74) is 1.08. The number of nitriles is 1. The third kappa shape index (κ3) is 3.18. The Hall–Kier alpha value is -2.82. The van der Waals surface area contributed by atoms with Gasteiger partial charge in [-0.1, -0.05) is 55.1 Å². The summed E-state index contributed by atoms with van der Waals surface area (Å²) in [4.78, 5) is 24.2. The predicted octanol–water partition coefficient (Wildman–Crippen LogP) is 4.54. The van der Waals surface area contributed by atoms with E-state index in [2.05, 4.69) is 42.4 Å². The van der Waals surface area contributed by atoms with Crippen LogP contribution in [0.2, 0.25) is 0 Å². The summed E-state index contributed by atoms with van der Waals surface area (Å²) in [6.45, 7) is 2.81. The minimum atomic E-state index is -0.0872. The van der Waals surface area contributed by atoms with Crippen LogP contribution < -0.4 is 0 Å². The van der Waals surface area contributed by atoms with Crippen molar-refractivity contribution in [2.24, 2.45) is 5.92 Å². The molecule has 2 saturated heterocycles. The zero-order valence-electron chi connectivity index (χ0n) is 15.7. The van der Waals surface area contributed by atoms with Crippen molar-refractivity contribution < 1.29 is 4.79 Å². The molecule has 3 aromatic rings. The Balaban J connectivity index is 1.39. The summed E-state index contributed by atoms with van der Waals surface area (Å²) < 4.78 is 0. The zero-order valence-corrected chi connectivity index (χ0v) is 17.4. The van der Waals surface area contributed by atoms with Crippen LogP contribution in [0.4, 0.5) is 0 Å². The lowest BCUT2D eigenvalue weighted by Crippen LogP contribution is -2.30. The lowest BCUT2D eigenvalue weighted by atomic mass is 10.1. The minimum Gasteiger partial charge on any atom is -0.306 e. The third-order valence-electron chi connectivity index (χ3n) is 5.38. The molecule has 1 aromatic heterocycles. The van der Waals surface area contributed by atoms with Gasteiger partial charge in [-0.15, -0.1) is 11.3 Å². The molecule has 3 atom stereocenters. The SMILES string of the molecule is CC1CN(C#N)C2[C@@H]1N2C(=O)c1ncc(-c2ccccc2Sc2ccccc2)s1. The van der Waals surface area contributed by atoms with Crippen LogP contribution in [0, 0.1) is 17.4 Å². The van der Waals surface area contributed by atoms with E-state index < -0.39 is 0 Å². The van der Waals surface area contributed by atoms with E-state index in [-0.39, 0.29) is 18.1 Å². The van der Waals surface area contributed by atoms with E-state index in [0.717, 1.165) is 21.9 Å². The Morgan fingerprint density at radius 3 is 2.76 bits per heavy atom. The Labute approximate surface area is 177 Å². The molecule has 0 saturated carbocycles. The van der Waals surface area contributed by atoms with Gasteiger partial charge in [0.25, 0.3) is 5.91 Å². The zero-order chi connectivity index (χ0) is 20.0. The highest BCUT2D eigenvalue weighted by molar-refractivity contribution is 7.99. The van der Waals surface area contributed by atoms with Crippen molar-refractivity contribution in [2.75, 3.05) is 6.54 Å². The van der Waals surface area contributed by atoms with Crippen molar-refractivity contribution >= 4 is 29.0 Å². The molecule has 7 heteroatoms. The summed E-state index contributed by atoms with van der Waals surface area (Å²) in [7, 11) is 0. The molecule has 144 valence electrons. The van der Waals surface area contributed by atoms with Crippen LogP contribution in [-0.2, 0) is 0 Å². The predicted molar refractivity (Wildman–Crippen MR) is 113 cm³/mol. The Kier molecular flexibility index (Phi) is 4.53. The second-order valence-electron chi connectivity index (χ2n) is 7.29. The van der Waals surface area contributed by atoms with Crippen LogP contribution in [0.15, 0.2) is 70.6 Å². The molecular formula is C22H18N4OS2. The Morgan fingerprint density at radius 1 is 1.21 bits per heavy atom. The van der Waals surface area contributed by atoms with E-state index in [1.165, 1.54) is 16.2 Å². The molecule has 0 N–H and O–H groups in total. The molecule has 1 amide bonds. The molecule has 0 radical (unpaired) electrons. The van der Waals surface area contributed by atoms with Gasteiger partial charge in [-0.25, -0.2) is 4.98 Å². The molecule has 0 spiro atoms. The van der Waals surface area contributed by atoms with Crippen molar-refractivity contribution in [3.63, 3.8) is 0 Å². The number of aromatic nitrogens is 1. The van der Waals surface area contributed by atoms with Gasteiger partial charge >= 0.3 is 0 Å². The molecule has 2 aliphatic rings. The Morgan fingerprint density at radius 2 is 1.97 bits per heavy atom. The molecular weight excluding hydrogens is 400 g/mol. The fourth-order valence-electron chi connectivity index (χ4n) is 4.00. The highest BCUT2D eigenvalue weighted by Crippen LogP contribution is 2.45. The lowest BCUT2D eigenvalue weighted by molar-refractivity contribution is 0.0816. The van der Waals surface area contributed by atoms with Gasteiger partial charge in [0.2, 0.25) is 0 Å². The van der Waals surface area contributed by atoms with E-state index in [1.54, 1.807) is 27.8 Å². The smallest absolute Gasteiger partial charge is 0.284 e. The number of carbonyl (C=O) groups excluding carboxylic acids is 1. The summed E-state index contributed by atoms with van der Waals surface area (Å²) in [6, 6.07) is 18.6. The maximum atomic E-state index is 13.0. The molecule has 29 heavy (non-hydrogen) atoms. The van der Waals surface area contributed by atoms with Gasteiger partial charge in [0.05, 0.1) is 10.9 Å². The average Bonchev–Trinajstić information content (AvgIpc) is 3.12. The molecule has 5 rings (SSSR count). The average molecular weight is 419 g/mol. The van der Waals surface area contributed by atoms with E-state index in [4.69, 9.17) is 0 Å². The molecule has 0 bridgehead atoms.